The van der Waals surface area contributed by atoms with Crippen LogP contribution in [0.2, 0.25) is 0 Å². The summed E-state index contributed by atoms with van der Waals surface area (Å²) in [4.78, 5) is 6.76. The van der Waals surface area contributed by atoms with Gasteiger partial charge in [-0.25, -0.2) is 0 Å². The highest BCUT2D eigenvalue weighted by molar-refractivity contribution is 5.79. The third-order valence-electron chi connectivity index (χ3n) is 3.46. The third kappa shape index (κ3) is 4.69. The summed E-state index contributed by atoms with van der Waals surface area (Å²) in [6.07, 6.45) is 5.31. The fraction of sp³-hybridized carbons (Fsp3) is 0.471. The van der Waals surface area contributed by atoms with E-state index >= 15 is 0 Å². The first kappa shape index (κ1) is 16.2. The Bertz CT molecular complexity index is 573. The van der Waals surface area contributed by atoms with Crippen LogP contribution in [0, 0.1) is 6.92 Å². The van der Waals surface area contributed by atoms with Gasteiger partial charge in [-0.05, 0) is 31.5 Å². The van der Waals surface area contributed by atoms with E-state index in [9.17, 15) is 0 Å². The summed E-state index contributed by atoms with van der Waals surface area (Å²) in [6.45, 7) is 6.50. The minimum absolute atomic E-state index is 0.776. The minimum atomic E-state index is 0.776. The number of guanidine groups is 1. The average Bonchev–Trinajstić information content (AvgIpc) is 3.15. The highest BCUT2D eigenvalue weighted by Crippen LogP contribution is 2.11. The van der Waals surface area contributed by atoms with Gasteiger partial charge in [0.1, 0.15) is 11.5 Å². The molecule has 0 amide bonds. The Balaban J connectivity index is 1.91. The first-order valence-corrected chi connectivity index (χ1v) is 7.75. The molecule has 5 heteroatoms. The standard InChI is InChI=1S/C17H25N3O2/c1-4-9-18-17(19-10-7-16-6-5-11-22-16)20(3)13-15-8-12-21-14(15)2/h5-6,8,11-12H,4,7,9-10,13H2,1-3H3,(H,18,19). The lowest BCUT2D eigenvalue weighted by Crippen LogP contribution is -2.39. The largest absolute Gasteiger partial charge is 0.469 e. The number of aliphatic imine (C=N–C) groups is 1. The lowest BCUT2D eigenvalue weighted by molar-refractivity contribution is 0.458. The number of nitrogens with zero attached hydrogens (tertiary/aromatic N) is 2. The fourth-order valence-corrected chi connectivity index (χ4v) is 2.19. The maximum absolute atomic E-state index is 5.36. The lowest BCUT2D eigenvalue weighted by atomic mass is 10.2. The molecule has 5 nitrogen and oxygen atoms in total. The van der Waals surface area contributed by atoms with Crippen molar-refractivity contribution in [1.29, 1.82) is 0 Å². The Labute approximate surface area is 132 Å². The van der Waals surface area contributed by atoms with Crippen molar-refractivity contribution in [2.75, 3.05) is 20.1 Å². The Hall–Kier alpha value is -2.17. The van der Waals surface area contributed by atoms with Crippen molar-refractivity contribution >= 4 is 5.96 Å². The van der Waals surface area contributed by atoms with Gasteiger partial charge in [0.25, 0.3) is 0 Å². The van der Waals surface area contributed by atoms with Crippen LogP contribution in [0.1, 0.15) is 30.4 Å². The first-order chi connectivity index (χ1) is 10.7. The van der Waals surface area contributed by atoms with Crippen molar-refractivity contribution in [3.8, 4) is 0 Å². The summed E-state index contributed by atoms with van der Waals surface area (Å²) >= 11 is 0. The first-order valence-electron chi connectivity index (χ1n) is 7.75. The summed E-state index contributed by atoms with van der Waals surface area (Å²) in [6, 6.07) is 5.91. The zero-order chi connectivity index (χ0) is 15.8. The molecule has 0 atom stereocenters. The Morgan fingerprint density at radius 1 is 1.27 bits per heavy atom. The van der Waals surface area contributed by atoms with E-state index in [1.807, 2.05) is 32.2 Å². The molecule has 2 rings (SSSR count). The molecule has 22 heavy (non-hydrogen) atoms. The van der Waals surface area contributed by atoms with E-state index in [0.717, 1.165) is 50.0 Å². The van der Waals surface area contributed by atoms with E-state index in [2.05, 4.69) is 22.1 Å². The van der Waals surface area contributed by atoms with Crippen LogP contribution in [0.3, 0.4) is 0 Å². The summed E-state index contributed by atoms with van der Waals surface area (Å²) < 4.78 is 10.7. The van der Waals surface area contributed by atoms with Crippen molar-refractivity contribution in [2.24, 2.45) is 4.99 Å². The molecule has 0 saturated heterocycles. The molecule has 120 valence electrons. The zero-order valence-electron chi connectivity index (χ0n) is 13.6. The molecule has 0 unspecified atom stereocenters. The van der Waals surface area contributed by atoms with Crippen molar-refractivity contribution in [3.05, 3.63) is 47.8 Å². The van der Waals surface area contributed by atoms with Gasteiger partial charge in [0, 0.05) is 38.7 Å². The second-order valence-electron chi connectivity index (χ2n) is 5.32. The van der Waals surface area contributed by atoms with Crippen LogP contribution in [0.5, 0.6) is 0 Å². The van der Waals surface area contributed by atoms with Gasteiger partial charge in [-0.15, -0.1) is 0 Å². The predicted molar refractivity (Wildman–Crippen MR) is 87.9 cm³/mol. The molecule has 0 bridgehead atoms. The number of hydrogen-bond donors (Lipinski definition) is 1. The van der Waals surface area contributed by atoms with E-state index in [4.69, 9.17) is 8.83 Å². The maximum atomic E-state index is 5.36. The van der Waals surface area contributed by atoms with Crippen molar-refractivity contribution in [3.63, 3.8) is 0 Å². The molecule has 2 aromatic heterocycles. The lowest BCUT2D eigenvalue weighted by Gasteiger charge is -2.22. The van der Waals surface area contributed by atoms with Crippen molar-refractivity contribution in [1.82, 2.24) is 10.2 Å². The number of aryl methyl sites for hydroxylation is 1. The van der Waals surface area contributed by atoms with Crippen molar-refractivity contribution in [2.45, 2.75) is 33.2 Å². The van der Waals surface area contributed by atoms with Gasteiger partial charge in [0.15, 0.2) is 5.96 Å². The molecular weight excluding hydrogens is 278 g/mol. The Kier molecular flexibility index (Phi) is 6.13. The van der Waals surface area contributed by atoms with Gasteiger partial charge in [-0.3, -0.25) is 4.99 Å². The molecule has 0 saturated carbocycles. The Morgan fingerprint density at radius 3 is 2.77 bits per heavy atom. The third-order valence-corrected chi connectivity index (χ3v) is 3.46. The molecule has 0 spiro atoms. The quantitative estimate of drug-likeness (QED) is 0.630. The average molecular weight is 303 g/mol. The molecule has 1 N–H and O–H groups in total. The highest BCUT2D eigenvalue weighted by Gasteiger charge is 2.10. The summed E-state index contributed by atoms with van der Waals surface area (Å²) in [5.74, 6) is 2.85. The van der Waals surface area contributed by atoms with Gasteiger partial charge >= 0.3 is 0 Å². The second-order valence-corrected chi connectivity index (χ2v) is 5.32. The van der Waals surface area contributed by atoms with Gasteiger partial charge in [0.05, 0.1) is 12.5 Å². The van der Waals surface area contributed by atoms with E-state index in [1.54, 1.807) is 12.5 Å². The number of nitrogens with one attached hydrogen (secondary N) is 1. The minimum Gasteiger partial charge on any atom is -0.469 e. The van der Waals surface area contributed by atoms with Crippen molar-refractivity contribution < 1.29 is 8.83 Å². The van der Waals surface area contributed by atoms with Crippen LogP contribution in [-0.4, -0.2) is 31.0 Å². The van der Waals surface area contributed by atoms with E-state index in [0.29, 0.717) is 0 Å². The maximum Gasteiger partial charge on any atom is 0.193 e. The van der Waals surface area contributed by atoms with Crippen LogP contribution in [0.15, 0.2) is 44.6 Å². The van der Waals surface area contributed by atoms with E-state index < -0.39 is 0 Å². The van der Waals surface area contributed by atoms with Crippen LogP contribution in [-0.2, 0) is 13.0 Å². The molecule has 2 aromatic rings. The van der Waals surface area contributed by atoms with E-state index in [-0.39, 0.29) is 0 Å². The molecule has 0 aliphatic heterocycles. The molecule has 0 aromatic carbocycles. The fourth-order valence-electron chi connectivity index (χ4n) is 2.19. The molecule has 2 heterocycles. The normalized spacial score (nSPS) is 11.7. The van der Waals surface area contributed by atoms with Crippen LogP contribution >= 0.6 is 0 Å². The predicted octanol–water partition coefficient (Wildman–Crippen LogP) is 3.21. The van der Waals surface area contributed by atoms with Gasteiger partial charge < -0.3 is 19.1 Å². The van der Waals surface area contributed by atoms with Crippen LogP contribution < -0.4 is 5.32 Å². The number of furan rings is 2. The SMILES string of the molecule is CCCN=C(NCCc1ccco1)N(C)Cc1ccoc1C. The van der Waals surface area contributed by atoms with Crippen LogP contribution in [0.25, 0.3) is 0 Å². The van der Waals surface area contributed by atoms with Crippen LogP contribution in [0.4, 0.5) is 0 Å². The Morgan fingerprint density at radius 2 is 2.14 bits per heavy atom. The number of hydrogen-bond acceptors (Lipinski definition) is 3. The second kappa shape index (κ2) is 8.32. The monoisotopic (exact) mass is 303 g/mol. The molecule has 0 aliphatic rings. The summed E-state index contributed by atoms with van der Waals surface area (Å²) in [7, 11) is 2.04. The molecule has 0 radical (unpaired) electrons. The van der Waals surface area contributed by atoms with E-state index in [1.165, 1.54) is 5.56 Å². The van der Waals surface area contributed by atoms with Gasteiger partial charge in [-0.2, -0.15) is 0 Å². The molecule has 0 aliphatic carbocycles. The smallest absolute Gasteiger partial charge is 0.193 e. The van der Waals surface area contributed by atoms with Gasteiger partial charge in [0.2, 0.25) is 0 Å². The summed E-state index contributed by atoms with van der Waals surface area (Å²) in [5, 5.41) is 3.41. The highest BCUT2D eigenvalue weighted by atomic mass is 16.3. The topological polar surface area (TPSA) is 53.9 Å². The summed E-state index contributed by atoms with van der Waals surface area (Å²) in [5.41, 5.74) is 1.18. The molecular formula is C17H25N3O2. The van der Waals surface area contributed by atoms with Gasteiger partial charge in [-0.1, -0.05) is 6.92 Å². The molecule has 0 fully saturated rings. The number of rotatable bonds is 7. The zero-order valence-corrected chi connectivity index (χ0v) is 13.6.